The molecule has 0 radical (unpaired) electrons. The van der Waals surface area contributed by atoms with Crippen molar-refractivity contribution in [3.63, 3.8) is 0 Å². The fourth-order valence-electron chi connectivity index (χ4n) is 0.511. The SMILES string of the molecule is C=C(C)C(=O)N=C=O.C=C(C)C(=O)NC(=O)OCC(F)F.FCF.OCF. The van der Waals surface area contributed by atoms with Gasteiger partial charge in [0.15, 0.2) is 13.5 Å². The smallest absolute Gasteiger partial charge is 0.414 e. The largest absolute Gasteiger partial charge is 0.443 e. The van der Waals surface area contributed by atoms with Crippen LogP contribution in [0.2, 0.25) is 0 Å². The van der Waals surface area contributed by atoms with E-state index >= 15 is 0 Å². The number of aliphatic hydroxyl groups excluding tert-OH is 1. The molecule has 0 aromatic heterocycles. The average molecular weight is 406 g/mol. The number of carbonyl (C=O) groups is 3. The molecule has 0 aliphatic heterocycles. The Bertz CT molecular complexity index is 516. The highest BCUT2D eigenvalue weighted by atomic mass is 19.3. The first-order chi connectivity index (χ1) is 12.4. The number of imide groups is 1. The Kier molecular flexibility index (Phi) is 27.2. The standard InChI is InChI=1S/C7H9F2NO3.C5H5NO2.CH2F2.CH3FO/c1-4(2)6(11)10-7(12)13-3-5(8)9;1-4(2)5(8)6-3-7;2*2-1-3/h5H,1,3H2,2H3,(H,10,11,12);1H2,2H3;1H2;3H,1H2. The molecule has 0 unspecified atom stereocenters. The number of aliphatic imine (C=N–C) groups is 1. The quantitative estimate of drug-likeness (QED) is 0.320. The minimum atomic E-state index is -2.74. The summed E-state index contributed by atoms with van der Waals surface area (Å²) in [6.07, 6.45) is -2.83. The van der Waals surface area contributed by atoms with Crippen LogP contribution >= 0.6 is 0 Å². The van der Waals surface area contributed by atoms with Crippen LogP contribution in [0.4, 0.5) is 26.7 Å². The molecule has 0 saturated carbocycles. The van der Waals surface area contributed by atoms with E-state index in [-0.39, 0.29) is 11.1 Å². The summed E-state index contributed by atoms with van der Waals surface area (Å²) in [5, 5.41) is 8.60. The maximum Gasteiger partial charge on any atom is 0.414 e. The molecule has 0 aliphatic rings. The van der Waals surface area contributed by atoms with Gasteiger partial charge in [0.1, 0.15) is 0 Å². The third-order valence-electron chi connectivity index (χ3n) is 1.46. The molecule has 0 fully saturated rings. The van der Waals surface area contributed by atoms with Crippen molar-refractivity contribution in [1.82, 2.24) is 5.32 Å². The summed E-state index contributed by atoms with van der Waals surface area (Å²) in [4.78, 5) is 43.6. The zero-order chi connectivity index (χ0) is 22.4. The van der Waals surface area contributed by atoms with Crippen LogP contribution in [0.15, 0.2) is 29.3 Å². The summed E-state index contributed by atoms with van der Waals surface area (Å²) in [5.74, 6) is -1.36. The van der Waals surface area contributed by atoms with Crippen LogP contribution in [-0.2, 0) is 19.1 Å². The second kappa shape index (κ2) is 23.1. The van der Waals surface area contributed by atoms with Crippen molar-refractivity contribution in [3.05, 3.63) is 24.3 Å². The Morgan fingerprint density at radius 1 is 1.15 bits per heavy atom. The Balaban J connectivity index is -0.000000160. The number of hydrogen-bond donors (Lipinski definition) is 2. The maximum absolute atomic E-state index is 11.5. The van der Waals surface area contributed by atoms with E-state index in [4.69, 9.17) is 5.11 Å². The third kappa shape index (κ3) is 35.2. The molecule has 0 heterocycles. The number of hydrogen-bond acceptors (Lipinski definition) is 6. The van der Waals surface area contributed by atoms with Gasteiger partial charge in [-0.1, -0.05) is 13.2 Å². The van der Waals surface area contributed by atoms with Gasteiger partial charge in [0.2, 0.25) is 13.0 Å². The number of ether oxygens (including phenoxy) is 1. The lowest BCUT2D eigenvalue weighted by Gasteiger charge is -2.04. The van der Waals surface area contributed by atoms with Crippen LogP contribution in [0.1, 0.15) is 13.8 Å². The number of isocyanates is 1. The van der Waals surface area contributed by atoms with Crippen molar-refractivity contribution < 1.29 is 51.0 Å². The number of nitrogens with zero attached hydrogens (tertiary/aromatic N) is 1. The monoisotopic (exact) mass is 406 g/mol. The Labute approximate surface area is 151 Å². The van der Waals surface area contributed by atoms with Gasteiger partial charge < -0.3 is 9.84 Å². The lowest BCUT2D eigenvalue weighted by Crippen LogP contribution is -2.32. The van der Waals surface area contributed by atoms with Crippen LogP contribution in [-0.4, -0.2) is 55.9 Å². The maximum atomic E-state index is 11.5. The molecular formula is C14H19F5N2O6. The van der Waals surface area contributed by atoms with Crippen LogP contribution < -0.4 is 5.32 Å². The highest BCUT2D eigenvalue weighted by Crippen LogP contribution is 1.93. The molecule has 0 aromatic carbocycles. The van der Waals surface area contributed by atoms with E-state index in [1.807, 2.05) is 0 Å². The average Bonchev–Trinajstić information content (AvgIpc) is 2.55. The van der Waals surface area contributed by atoms with E-state index in [2.05, 4.69) is 22.9 Å². The van der Waals surface area contributed by atoms with Gasteiger partial charge in [-0.05, 0) is 13.8 Å². The van der Waals surface area contributed by atoms with Gasteiger partial charge in [0, 0.05) is 11.1 Å². The first-order valence-electron chi connectivity index (χ1n) is 6.43. The number of halogens is 5. The molecule has 0 bridgehead atoms. The third-order valence-corrected chi connectivity index (χ3v) is 1.46. The van der Waals surface area contributed by atoms with E-state index in [1.54, 1.807) is 5.32 Å². The Hall–Kier alpha value is -2.92. The van der Waals surface area contributed by atoms with Crippen molar-refractivity contribution in [1.29, 1.82) is 0 Å². The highest BCUT2D eigenvalue weighted by molar-refractivity contribution is 6.01. The topological polar surface area (TPSA) is 122 Å². The van der Waals surface area contributed by atoms with Gasteiger partial charge in [-0.2, -0.15) is 0 Å². The van der Waals surface area contributed by atoms with Crippen LogP contribution in [0.3, 0.4) is 0 Å². The molecule has 8 nitrogen and oxygen atoms in total. The van der Waals surface area contributed by atoms with Crippen molar-refractivity contribution in [2.24, 2.45) is 4.99 Å². The fourth-order valence-corrected chi connectivity index (χ4v) is 0.511. The second-order valence-corrected chi connectivity index (χ2v) is 3.73. The molecule has 0 aromatic rings. The molecule has 0 aliphatic carbocycles. The number of rotatable bonds is 4. The number of carbonyl (C=O) groups excluding carboxylic acids is 4. The van der Waals surface area contributed by atoms with Crippen molar-refractivity contribution in [3.8, 4) is 0 Å². The molecule has 27 heavy (non-hydrogen) atoms. The first kappa shape index (κ1) is 31.8. The molecule has 156 valence electrons. The normalized spacial score (nSPS) is 8.04. The van der Waals surface area contributed by atoms with Gasteiger partial charge in [0.25, 0.3) is 18.2 Å². The Morgan fingerprint density at radius 2 is 1.56 bits per heavy atom. The summed E-state index contributed by atoms with van der Waals surface area (Å²) in [6, 6.07) is 0. The first-order valence-corrected chi connectivity index (χ1v) is 6.43. The molecule has 0 saturated heterocycles. The molecular weight excluding hydrogens is 387 g/mol. The summed E-state index contributed by atoms with van der Waals surface area (Å²) in [7, 11) is 0. The Morgan fingerprint density at radius 3 is 1.78 bits per heavy atom. The molecule has 13 heteroatoms. The van der Waals surface area contributed by atoms with E-state index in [9.17, 15) is 41.1 Å². The lowest BCUT2D eigenvalue weighted by atomic mass is 10.3. The molecule has 3 amide bonds. The molecule has 2 N–H and O–H groups in total. The number of nitrogens with one attached hydrogen (secondary N) is 1. The van der Waals surface area contributed by atoms with E-state index in [0.717, 1.165) is 6.08 Å². The zero-order valence-corrected chi connectivity index (χ0v) is 14.4. The number of amides is 3. The summed E-state index contributed by atoms with van der Waals surface area (Å²) in [5.41, 5.74) is 0.336. The number of alkyl carbamates (subject to hydrolysis) is 1. The van der Waals surface area contributed by atoms with Crippen LogP contribution in [0, 0.1) is 0 Å². The summed E-state index contributed by atoms with van der Waals surface area (Å²) < 4.78 is 56.0. The number of aliphatic hydroxyl groups is 1. The van der Waals surface area contributed by atoms with Gasteiger partial charge in [-0.3, -0.25) is 14.9 Å². The minimum Gasteiger partial charge on any atom is -0.443 e. The molecule has 0 atom stereocenters. The van der Waals surface area contributed by atoms with Crippen LogP contribution in [0.25, 0.3) is 0 Å². The second-order valence-electron chi connectivity index (χ2n) is 3.73. The minimum absolute atomic E-state index is 0.0917. The van der Waals surface area contributed by atoms with Crippen molar-refractivity contribution in [2.45, 2.75) is 20.3 Å². The lowest BCUT2D eigenvalue weighted by molar-refractivity contribution is -0.117. The zero-order valence-electron chi connectivity index (χ0n) is 14.4. The summed E-state index contributed by atoms with van der Waals surface area (Å²) >= 11 is 0. The number of alkyl halides is 5. The van der Waals surface area contributed by atoms with E-state index in [0.29, 0.717) is 0 Å². The highest BCUT2D eigenvalue weighted by Gasteiger charge is 2.11. The fraction of sp³-hybridized carbons (Fsp3) is 0.429. The van der Waals surface area contributed by atoms with Gasteiger partial charge in [-0.15, -0.1) is 4.99 Å². The van der Waals surface area contributed by atoms with Gasteiger partial charge in [-0.25, -0.2) is 31.5 Å². The predicted molar refractivity (Wildman–Crippen MR) is 83.5 cm³/mol. The summed E-state index contributed by atoms with van der Waals surface area (Å²) in [6.45, 7) is 5.30. The van der Waals surface area contributed by atoms with E-state index < -0.39 is 44.7 Å². The van der Waals surface area contributed by atoms with Crippen LogP contribution in [0.5, 0.6) is 0 Å². The van der Waals surface area contributed by atoms with E-state index in [1.165, 1.54) is 13.8 Å². The van der Waals surface area contributed by atoms with Gasteiger partial charge in [0.05, 0.1) is 0 Å². The molecule has 0 spiro atoms. The molecule has 0 rings (SSSR count). The van der Waals surface area contributed by atoms with Crippen molar-refractivity contribution in [2.75, 3.05) is 20.4 Å². The predicted octanol–water partition coefficient (Wildman–Crippen LogP) is 2.29. The van der Waals surface area contributed by atoms with Gasteiger partial charge >= 0.3 is 6.09 Å². The van der Waals surface area contributed by atoms with Crippen molar-refractivity contribution >= 4 is 24.0 Å².